The summed E-state index contributed by atoms with van der Waals surface area (Å²) in [6.07, 6.45) is 2.00. The van der Waals surface area contributed by atoms with Gasteiger partial charge < -0.3 is 0 Å². The fourth-order valence-corrected chi connectivity index (χ4v) is 3.40. The Hall–Kier alpha value is -0.230. The maximum Gasteiger partial charge on any atom is 0.213 e. The fraction of sp³-hybridized carbons (Fsp3) is 0.455. The van der Waals surface area contributed by atoms with Crippen molar-refractivity contribution in [2.24, 2.45) is 0 Å². The van der Waals surface area contributed by atoms with Gasteiger partial charge in [-0.3, -0.25) is 0 Å². The van der Waals surface area contributed by atoms with E-state index in [1.165, 1.54) is 0 Å². The minimum absolute atomic E-state index is 0.0538. The van der Waals surface area contributed by atoms with Crippen LogP contribution in [0.2, 0.25) is 0 Å². The largest absolute Gasteiger partial charge is 0.213 e. The number of benzene rings is 1. The zero-order chi connectivity index (χ0) is 12.9. The maximum atomic E-state index is 11.5. The summed E-state index contributed by atoms with van der Waals surface area (Å²) in [7, 11) is -3.28. The molecule has 0 aliphatic heterocycles. The highest BCUT2D eigenvalue weighted by atomic mass is 35.5. The first-order valence-electron chi connectivity index (χ1n) is 5.18. The van der Waals surface area contributed by atoms with E-state index in [0.717, 1.165) is 10.5 Å². The number of halogens is 1. The fourth-order valence-electron chi connectivity index (χ4n) is 1.39. The highest BCUT2D eigenvalue weighted by Crippen LogP contribution is 2.19. The van der Waals surface area contributed by atoms with Crippen LogP contribution in [0.25, 0.3) is 0 Å². The summed E-state index contributed by atoms with van der Waals surface area (Å²) in [4.78, 5) is 1.16. The zero-order valence-corrected chi connectivity index (χ0v) is 12.2. The Labute approximate surface area is 112 Å². The molecule has 1 rings (SSSR count). The van der Waals surface area contributed by atoms with Crippen LogP contribution < -0.4 is 4.72 Å². The number of hydrogen-bond acceptors (Lipinski definition) is 3. The first kappa shape index (κ1) is 14.8. The molecule has 0 aliphatic carbocycles. The van der Waals surface area contributed by atoms with Crippen LogP contribution in [-0.4, -0.2) is 26.3 Å². The summed E-state index contributed by atoms with van der Waals surface area (Å²) in [5.74, 6) is 0.0509. The molecule has 0 spiro atoms. The molecule has 1 N–H and O–H groups in total. The Morgan fingerprint density at radius 3 is 2.41 bits per heavy atom. The minimum Gasteiger partial charge on any atom is -0.212 e. The van der Waals surface area contributed by atoms with Crippen LogP contribution in [0, 0.1) is 0 Å². The Morgan fingerprint density at radius 2 is 1.94 bits per heavy atom. The van der Waals surface area contributed by atoms with Gasteiger partial charge in [0, 0.05) is 16.8 Å². The van der Waals surface area contributed by atoms with Crippen LogP contribution in [0.1, 0.15) is 18.5 Å². The lowest BCUT2D eigenvalue weighted by molar-refractivity contribution is 0.568. The van der Waals surface area contributed by atoms with Gasteiger partial charge >= 0.3 is 0 Å². The van der Waals surface area contributed by atoms with Gasteiger partial charge in [-0.2, -0.15) is 0 Å². The molecule has 0 amide bonds. The van der Waals surface area contributed by atoms with Crippen LogP contribution in [0.15, 0.2) is 29.2 Å². The zero-order valence-electron chi connectivity index (χ0n) is 9.81. The molecule has 0 saturated carbocycles. The van der Waals surface area contributed by atoms with Gasteiger partial charge in [-0.25, -0.2) is 13.1 Å². The predicted octanol–water partition coefficient (Wildman–Crippen LogP) is 2.63. The van der Waals surface area contributed by atoms with Gasteiger partial charge in [0.1, 0.15) is 0 Å². The van der Waals surface area contributed by atoms with E-state index in [-0.39, 0.29) is 17.7 Å². The van der Waals surface area contributed by atoms with Gasteiger partial charge in [-0.1, -0.05) is 12.1 Å². The van der Waals surface area contributed by atoms with Gasteiger partial charge in [0.05, 0.1) is 5.75 Å². The number of sulfonamides is 1. The Balaban J connectivity index is 2.72. The molecule has 0 fully saturated rings. The molecule has 0 saturated heterocycles. The normalized spacial score (nSPS) is 13.6. The molecule has 1 unspecified atom stereocenters. The van der Waals surface area contributed by atoms with Crippen LogP contribution in [0.5, 0.6) is 0 Å². The summed E-state index contributed by atoms with van der Waals surface area (Å²) in [5, 5.41) is 0. The van der Waals surface area contributed by atoms with E-state index in [4.69, 9.17) is 11.6 Å². The van der Waals surface area contributed by atoms with E-state index in [1.807, 2.05) is 37.4 Å². The summed E-state index contributed by atoms with van der Waals surface area (Å²) in [6, 6.07) is 7.58. The number of rotatable bonds is 6. The van der Waals surface area contributed by atoms with Crippen molar-refractivity contribution in [2.45, 2.75) is 17.9 Å². The van der Waals surface area contributed by atoms with Gasteiger partial charge in [0.25, 0.3) is 0 Å². The monoisotopic (exact) mass is 293 g/mol. The number of thioether (sulfide) groups is 1. The third-order valence-electron chi connectivity index (χ3n) is 2.32. The summed E-state index contributed by atoms with van der Waals surface area (Å²) < 4.78 is 25.7. The minimum atomic E-state index is -3.28. The molecule has 0 aromatic heterocycles. The molecule has 1 aromatic rings. The number of hydrogen-bond donors (Lipinski definition) is 1. The van der Waals surface area contributed by atoms with Crippen molar-refractivity contribution in [3.05, 3.63) is 29.8 Å². The molecule has 96 valence electrons. The molecule has 1 atom stereocenters. The van der Waals surface area contributed by atoms with Crippen molar-refractivity contribution in [3.8, 4) is 0 Å². The smallest absolute Gasteiger partial charge is 0.212 e. The van der Waals surface area contributed by atoms with E-state index >= 15 is 0 Å². The topological polar surface area (TPSA) is 46.2 Å². The SMILES string of the molecule is CSc1ccc(C(C)NS(=O)(=O)CCCl)cc1. The van der Waals surface area contributed by atoms with E-state index in [1.54, 1.807) is 11.8 Å². The second-order valence-corrected chi connectivity index (χ2v) is 6.75. The molecular formula is C11H16ClNO2S2. The van der Waals surface area contributed by atoms with Gasteiger partial charge in [-0.05, 0) is 30.9 Å². The second kappa shape index (κ2) is 6.64. The van der Waals surface area contributed by atoms with E-state index in [9.17, 15) is 8.42 Å². The molecular weight excluding hydrogens is 278 g/mol. The van der Waals surface area contributed by atoms with Crippen molar-refractivity contribution in [1.29, 1.82) is 0 Å². The average molecular weight is 294 g/mol. The molecule has 17 heavy (non-hydrogen) atoms. The highest BCUT2D eigenvalue weighted by molar-refractivity contribution is 7.98. The molecule has 1 aromatic carbocycles. The summed E-state index contributed by atoms with van der Waals surface area (Å²) in [6.45, 7) is 1.82. The molecule has 0 radical (unpaired) electrons. The average Bonchev–Trinajstić information content (AvgIpc) is 2.28. The van der Waals surface area contributed by atoms with Crippen molar-refractivity contribution in [2.75, 3.05) is 17.9 Å². The molecule has 3 nitrogen and oxygen atoms in total. The van der Waals surface area contributed by atoms with Gasteiger partial charge in [-0.15, -0.1) is 23.4 Å². The van der Waals surface area contributed by atoms with Gasteiger partial charge in [0.2, 0.25) is 10.0 Å². The second-order valence-electron chi connectivity index (χ2n) is 3.62. The van der Waals surface area contributed by atoms with E-state index < -0.39 is 10.0 Å². The Morgan fingerprint density at radius 1 is 1.35 bits per heavy atom. The lowest BCUT2D eigenvalue weighted by atomic mass is 10.1. The lowest BCUT2D eigenvalue weighted by Gasteiger charge is -2.14. The predicted molar refractivity (Wildman–Crippen MR) is 74.3 cm³/mol. The first-order valence-corrected chi connectivity index (χ1v) is 8.59. The third-order valence-corrected chi connectivity index (χ3v) is 4.93. The van der Waals surface area contributed by atoms with Crippen LogP contribution >= 0.6 is 23.4 Å². The van der Waals surface area contributed by atoms with Crippen LogP contribution in [0.4, 0.5) is 0 Å². The summed E-state index contributed by atoms with van der Waals surface area (Å²) >= 11 is 7.09. The highest BCUT2D eigenvalue weighted by Gasteiger charge is 2.14. The summed E-state index contributed by atoms with van der Waals surface area (Å²) in [5.41, 5.74) is 0.945. The standard InChI is InChI=1S/C11H16ClNO2S2/c1-9(13-17(14,15)8-7-12)10-3-5-11(16-2)6-4-10/h3-6,9,13H,7-8H2,1-2H3. The van der Waals surface area contributed by atoms with Crippen LogP contribution in [-0.2, 0) is 10.0 Å². The third kappa shape index (κ3) is 4.87. The van der Waals surface area contributed by atoms with Crippen molar-refractivity contribution in [1.82, 2.24) is 4.72 Å². The Bertz CT molecular complexity index is 445. The maximum absolute atomic E-state index is 11.5. The molecule has 0 heterocycles. The number of alkyl halides is 1. The van der Waals surface area contributed by atoms with Crippen molar-refractivity contribution >= 4 is 33.4 Å². The van der Waals surface area contributed by atoms with Crippen LogP contribution in [0.3, 0.4) is 0 Å². The molecule has 6 heteroatoms. The lowest BCUT2D eigenvalue weighted by Crippen LogP contribution is -2.29. The molecule has 0 bridgehead atoms. The van der Waals surface area contributed by atoms with E-state index in [2.05, 4.69) is 4.72 Å². The number of nitrogens with one attached hydrogen (secondary N) is 1. The quantitative estimate of drug-likeness (QED) is 0.648. The van der Waals surface area contributed by atoms with E-state index in [0.29, 0.717) is 0 Å². The first-order chi connectivity index (χ1) is 7.98. The van der Waals surface area contributed by atoms with Crippen molar-refractivity contribution in [3.63, 3.8) is 0 Å². The Kier molecular flexibility index (Phi) is 5.79. The van der Waals surface area contributed by atoms with Crippen molar-refractivity contribution < 1.29 is 8.42 Å². The molecule has 0 aliphatic rings. The van der Waals surface area contributed by atoms with Gasteiger partial charge in [0.15, 0.2) is 0 Å².